The second-order valence-corrected chi connectivity index (χ2v) is 6.76. The van der Waals surface area contributed by atoms with Crippen LogP contribution in [-0.2, 0) is 9.59 Å². The van der Waals surface area contributed by atoms with Crippen molar-refractivity contribution in [3.05, 3.63) is 52.3 Å². The van der Waals surface area contributed by atoms with Crippen molar-refractivity contribution in [2.45, 2.75) is 47.6 Å². The van der Waals surface area contributed by atoms with Gasteiger partial charge in [0.05, 0.1) is 6.21 Å². The third-order valence-electron chi connectivity index (χ3n) is 4.21. The predicted molar refractivity (Wildman–Crippen MR) is 104 cm³/mol. The van der Waals surface area contributed by atoms with E-state index in [1.54, 1.807) is 20.1 Å². The highest BCUT2D eigenvalue weighted by Gasteiger charge is 2.14. The van der Waals surface area contributed by atoms with Crippen molar-refractivity contribution in [1.82, 2.24) is 15.3 Å². The molecule has 0 unspecified atom stereocenters. The zero-order valence-electron chi connectivity index (χ0n) is 16.2. The van der Waals surface area contributed by atoms with Crippen molar-refractivity contribution in [2.24, 2.45) is 5.10 Å². The quantitative estimate of drug-likeness (QED) is 0.503. The Hall–Kier alpha value is -2.89. The van der Waals surface area contributed by atoms with Crippen molar-refractivity contribution in [3.63, 3.8) is 0 Å². The number of hydrogen-bond acceptors (Lipinski definition) is 3. The number of nitrogens with one attached hydrogen (secondary N) is 2. The molecular weight excluding hydrogens is 328 g/mol. The summed E-state index contributed by atoms with van der Waals surface area (Å²) in [5.41, 5.74) is 8.78. The molecule has 0 bridgehead atoms. The van der Waals surface area contributed by atoms with E-state index in [0.717, 1.165) is 22.6 Å². The average molecular weight is 354 g/mol. The number of hydrazone groups is 1. The monoisotopic (exact) mass is 354 g/mol. The van der Waals surface area contributed by atoms with E-state index >= 15 is 0 Å². The first kappa shape index (κ1) is 19.4. The molecule has 1 aromatic heterocycles. The van der Waals surface area contributed by atoms with Gasteiger partial charge in [-0.2, -0.15) is 5.10 Å². The second-order valence-electron chi connectivity index (χ2n) is 6.76. The predicted octanol–water partition coefficient (Wildman–Crippen LogP) is 2.69. The van der Waals surface area contributed by atoms with Gasteiger partial charge in [-0.1, -0.05) is 6.07 Å². The molecule has 2 aromatic rings. The highest BCUT2D eigenvalue weighted by atomic mass is 16.2. The maximum atomic E-state index is 11.7. The fourth-order valence-corrected chi connectivity index (χ4v) is 2.72. The van der Waals surface area contributed by atoms with Crippen molar-refractivity contribution >= 4 is 18.0 Å². The van der Waals surface area contributed by atoms with Gasteiger partial charge in [-0.05, 0) is 70.9 Å². The van der Waals surface area contributed by atoms with Gasteiger partial charge < -0.3 is 9.88 Å². The minimum Gasteiger partial charge on any atom is -0.346 e. The molecule has 6 heteroatoms. The molecule has 0 aliphatic heterocycles. The Kier molecular flexibility index (Phi) is 5.97. The number of carbonyl (C=O) groups is 2. The zero-order valence-corrected chi connectivity index (χ0v) is 16.2. The number of nitrogens with zero attached hydrogens (tertiary/aromatic N) is 2. The maximum absolute atomic E-state index is 11.7. The van der Waals surface area contributed by atoms with E-state index in [1.807, 2.05) is 19.9 Å². The van der Waals surface area contributed by atoms with Crippen LogP contribution in [0, 0.1) is 27.7 Å². The fourth-order valence-electron chi connectivity index (χ4n) is 2.72. The van der Waals surface area contributed by atoms with Gasteiger partial charge in [0.15, 0.2) is 0 Å². The van der Waals surface area contributed by atoms with E-state index in [2.05, 4.69) is 52.5 Å². The number of aromatic nitrogens is 1. The third-order valence-corrected chi connectivity index (χ3v) is 4.21. The van der Waals surface area contributed by atoms with Crippen LogP contribution in [0.1, 0.15) is 41.9 Å². The Labute approximate surface area is 154 Å². The molecule has 0 saturated heterocycles. The molecule has 1 aromatic carbocycles. The molecule has 2 rings (SSSR count). The van der Waals surface area contributed by atoms with Gasteiger partial charge in [-0.3, -0.25) is 9.59 Å². The van der Waals surface area contributed by atoms with E-state index in [-0.39, 0.29) is 6.04 Å². The van der Waals surface area contributed by atoms with E-state index in [4.69, 9.17) is 0 Å². The number of benzene rings is 1. The summed E-state index contributed by atoms with van der Waals surface area (Å²) in [5, 5.41) is 6.43. The Morgan fingerprint density at radius 2 is 1.73 bits per heavy atom. The molecule has 2 amide bonds. The van der Waals surface area contributed by atoms with Crippen LogP contribution in [0.25, 0.3) is 5.69 Å². The number of carbonyl (C=O) groups excluding carboxylic acids is 2. The molecule has 0 saturated carbocycles. The van der Waals surface area contributed by atoms with Gasteiger partial charge in [-0.15, -0.1) is 0 Å². The van der Waals surface area contributed by atoms with Crippen LogP contribution < -0.4 is 10.7 Å². The van der Waals surface area contributed by atoms with Gasteiger partial charge in [0.2, 0.25) is 0 Å². The number of amides is 2. The lowest BCUT2D eigenvalue weighted by Gasteiger charge is -2.11. The molecule has 0 radical (unpaired) electrons. The van der Waals surface area contributed by atoms with Crippen LogP contribution in [0.3, 0.4) is 0 Å². The van der Waals surface area contributed by atoms with Crippen molar-refractivity contribution in [2.75, 3.05) is 0 Å². The number of rotatable bonds is 4. The standard InChI is InChI=1S/C20H26N4O2/c1-12(2)22-19(25)20(26)23-21-11-17-10-15(5)24(16(17)6)18-8-7-13(3)14(4)9-18/h7-12H,1-6H3,(H,22,25)(H,23,26)/b21-11-. The van der Waals surface area contributed by atoms with Crippen LogP contribution in [0.2, 0.25) is 0 Å². The normalized spacial score (nSPS) is 11.2. The minimum absolute atomic E-state index is 0.103. The molecule has 138 valence electrons. The Morgan fingerprint density at radius 3 is 2.35 bits per heavy atom. The summed E-state index contributed by atoms with van der Waals surface area (Å²) in [7, 11) is 0. The number of aryl methyl sites for hydroxylation is 3. The molecule has 1 heterocycles. The van der Waals surface area contributed by atoms with Gasteiger partial charge in [-0.25, -0.2) is 5.43 Å². The summed E-state index contributed by atoms with van der Waals surface area (Å²) in [5.74, 6) is -1.48. The molecule has 0 aliphatic carbocycles. The number of hydrogen-bond donors (Lipinski definition) is 2. The van der Waals surface area contributed by atoms with Gasteiger partial charge in [0.25, 0.3) is 0 Å². The van der Waals surface area contributed by atoms with Crippen LogP contribution in [0.4, 0.5) is 0 Å². The summed E-state index contributed by atoms with van der Waals surface area (Å²) in [6.07, 6.45) is 1.56. The first-order chi connectivity index (χ1) is 12.2. The van der Waals surface area contributed by atoms with Crippen LogP contribution in [0.15, 0.2) is 29.4 Å². The van der Waals surface area contributed by atoms with Crippen LogP contribution in [-0.4, -0.2) is 28.6 Å². The third kappa shape index (κ3) is 4.39. The topological polar surface area (TPSA) is 75.5 Å². The highest BCUT2D eigenvalue weighted by molar-refractivity contribution is 6.35. The summed E-state index contributed by atoms with van der Waals surface area (Å²) < 4.78 is 2.14. The van der Waals surface area contributed by atoms with Crippen molar-refractivity contribution in [3.8, 4) is 5.69 Å². The molecule has 0 aliphatic rings. The Bertz CT molecular complexity index is 863. The summed E-state index contributed by atoms with van der Waals surface area (Å²) >= 11 is 0. The largest absolute Gasteiger partial charge is 0.346 e. The van der Waals surface area contributed by atoms with E-state index in [1.165, 1.54) is 11.1 Å². The molecule has 26 heavy (non-hydrogen) atoms. The zero-order chi connectivity index (χ0) is 19.4. The molecule has 0 atom stereocenters. The van der Waals surface area contributed by atoms with E-state index in [9.17, 15) is 9.59 Å². The molecular formula is C20H26N4O2. The highest BCUT2D eigenvalue weighted by Crippen LogP contribution is 2.21. The SMILES string of the molecule is Cc1ccc(-n2c(C)cc(/C=N\NC(=O)C(=O)NC(C)C)c2C)cc1C. The first-order valence-electron chi connectivity index (χ1n) is 8.61. The second kappa shape index (κ2) is 7.99. The summed E-state index contributed by atoms with van der Waals surface area (Å²) in [6, 6.07) is 8.23. The lowest BCUT2D eigenvalue weighted by atomic mass is 10.1. The smallest absolute Gasteiger partial charge is 0.329 e. The van der Waals surface area contributed by atoms with Gasteiger partial charge in [0.1, 0.15) is 0 Å². The van der Waals surface area contributed by atoms with E-state index in [0.29, 0.717) is 0 Å². The Morgan fingerprint density at radius 1 is 1.04 bits per heavy atom. The molecule has 6 nitrogen and oxygen atoms in total. The molecule has 2 N–H and O–H groups in total. The average Bonchev–Trinajstić information content (AvgIpc) is 2.83. The van der Waals surface area contributed by atoms with Crippen LogP contribution >= 0.6 is 0 Å². The lowest BCUT2D eigenvalue weighted by Crippen LogP contribution is -2.41. The van der Waals surface area contributed by atoms with Crippen molar-refractivity contribution in [1.29, 1.82) is 0 Å². The van der Waals surface area contributed by atoms with Gasteiger partial charge in [0, 0.05) is 28.7 Å². The Balaban J connectivity index is 2.18. The lowest BCUT2D eigenvalue weighted by molar-refractivity contribution is -0.139. The fraction of sp³-hybridized carbons (Fsp3) is 0.350. The van der Waals surface area contributed by atoms with Crippen molar-refractivity contribution < 1.29 is 9.59 Å². The first-order valence-corrected chi connectivity index (χ1v) is 8.61. The maximum Gasteiger partial charge on any atom is 0.329 e. The van der Waals surface area contributed by atoms with Crippen LogP contribution in [0.5, 0.6) is 0 Å². The summed E-state index contributed by atoms with van der Waals surface area (Å²) in [4.78, 5) is 23.2. The van der Waals surface area contributed by atoms with E-state index < -0.39 is 11.8 Å². The summed E-state index contributed by atoms with van der Waals surface area (Å²) in [6.45, 7) is 11.8. The molecule has 0 spiro atoms. The molecule has 0 fully saturated rings. The van der Waals surface area contributed by atoms with Gasteiger partial charge >= 0.3 is 11.8 Å². The minimum atomic E-state index is -0.780.